The van der Waals surface area contributed by atoms with Gasteiger partial charge in [0.2, 0.25) is 0 Å². The number of aryl methyl sites for hydroxylation is 1. The molecule has 0 spiro atoms. The van der Waals surface area contributed by atoms with Gasteiger partial charge in [0.1, 0.15) is 17.7 Å². The number of benzene rings is 1. The second-order valence-electron chi connectivity index (χ2n) is 8.83. The molecule has 9 heteroatoms. The molecule has 1 aromatic carbocycles. The zero-order valence-corrected chi connectivity index (χ0v) is 18.2. The first kappa shape index (κ1) is 23.7. The largest absolute Gasteiger partial charge is 0.490 e. The lowest BCUT2D eigenvalue weighted by Gasteiger charge is -2.40. The Kier molecular flexibility index (Phi) is 6.51. The third kappa shape index (κ3) is 5.22. The van der Waals surface area contributed by atoms with Gasteiger partial charge in [-0.25, -0.2) is 4.98 Å². The van der Waals surface area contributed by atoms with E-state index >= 15 is 0 Å². The molecule has 2 aliphatic heterocycles. The third-order valence-corrected chi connectivity index (χ3v) is 6.51. The van der Waals surface area contributed by atoms with E-state index in [4.69, 9.17) is 4.74 Å². The number of alkyl halides is 6. The Morgan fingerprint density at radius 2 is 1.58 bits per heavy atom. The maximum atomic E-state index is 13.2. The highest BCUT2D eigenvalue weighted by atomic mass is 19.4. The van der Waals surface area contributed by atoms with Crippen LogP contribution < -0.4 is 9.64 Å². The van der Waals surface area contributed by atoms with Crippen LogP contribution >= 0.6 is 0 Å². The number of hydrogen-bond acceptors (Lipinski definition) is 3. The van der Waals surface area contributed by atoms with Crippen LogP contribution in [0.1, 0.15) is 62.1 Å². The number of halogens is 6. The van der Waals surface area contributed by atoms with E-state index in [0.29, 0.717) is 36.4 Å². The summed E-state index contributed by atoms with van der Waals surface area (Å²) in [6.07, 6.45) is -2.95. The molecule has 3 nitrogen and oxygen atoms in total. The summed E-state index contributed by atoms with van der Waals surface area (Å²) >= 11 is 0. The van der Waals surface area contributed by atoms with Crippen LogP contribution in [0.3, 0.4) is 0 Å². The Morgan fingerprint density at radius 1 is 0.939 bits per heavy atom. The fourth-order valence-electron chi connectivity index (χ4n) is 4.92. The zero-order chi connectivity index (χ0) is 23.8. The van der Waals surface area contributed by atoms with Gasteiger partial charge in [-0.1, -0.05) is 13.3 Å². The standard InChI is InChI=1S/C24H26F6N2O/c1-2-3-4-15-11-16(23(25,26)27)5-9-21(15)33-20-12-18-7-8-19(13-20)32(18)22-10-6-17(14-31-22)24(28,29)30/h5-6,9-11,14,18-20H,2-4,7-8,12-13H2,1H3/t18-,19+,20?. The second kappa shape index (κ2) is 9.06. The normalized spacial score (nSPS) is 23.1. The summed E-state index contributed by atoms with van der Waals surface area (Å²) < 4.78 is 84.3. The number of fused-ring (bicyclic) bond motifs is 2. The van der Waals surface area contributed by atoms with Crippen LogP contribution in [0.5, 0.6) is 5.75 Å². The van der Waals surface area contributed by atoms with Crippen molar-refractivity contribution in [2.24, 2.45) is 0 Å². The molecule has 4 rings (SSSR count). The first-order valence-electron chi connectivity index (χ1n) is 11.2. The van der Waals surface area contributed by atoms with Crippen molar-refractivity contribution in [3.8, 4) is 5.75 Å². The lowest BCUT2D eigenvalue weighted by molar-refractivity contribution is -0.138. The molecule has 0 aliphatic carbocycles. The predicted octanol–water partition coefficient (Wildman–Crippen LogP) is 7.04. The van der Waals surface area contributed by atoms with E-state index in [2.05, 4.69) is 9.88 Å². The van der Waals surface area contributed by atoms with Gasteiger partial charge in [-0.3, -0.25) is 0 Å². The van der Waals surface area contributed by atoms with E-state index < -0.39 is 23.5 Å². The van der Waals surface area contributed by atoms with Crippen LogP contribution in [-0.2, 0) is 18.8 Å². The number of aromatic nitrogens is 1. The lowest BCUT2D eigenvalue weighted by atomic mass is 9.98. The fraction of sp³-hybridized carbons (Fsp3) is 0.542. The quantitative estimate of drug-likeness (QED) is 0.422. The summed E-state index contributed by atoms with van der Waals surface area (Å²) in [6.45, 7) is 1.98. The van der Waals surface area contributed by atoms with E-state index in [0.717, 1.165) is 44.0 Å². The summed E-state index contributed by atoms with van der Waals surface area (Å²) in [6, 6.07) is 6.26. The molecule has 0 saturated carbocycles. The van der Waals surface area contributed by atoms with Crippen LogP contribution in [0.4, 0.5) is 32.2 Å². The van der Waals surface area contributed by atoms with E-state index in [1.165, 1.54) is 18.2 Å². The third-order valence-electron chi connectivity index (χ3n) is 6.51. The van der Waals surface area contributed by atoms with Crippen molar-refractivity contribution >= 4 is 5.82 Å². The molecule has 2 fully saturated rings. The highest BCUT2D eigenvalue weighted by molar-refractivity contribution is 5.45. The van der Waals surface area contributed by atoms with Gasteiger partial charge >= 0.3 is 12.4 Å². The molecule has 2 aliphatic rings. The van der Waals surface area contributed by atoms with Crippen LogP contribution in [0.2, 0.25) is 0 Å². The van der Waals surface area contributed by atoms with Gasteiger partial charge in [-0.15, -0.1) is 0 Å². The zero-order valence-electron chi connectivity index (χ0n) is 18.2. The minimum absolute atomic E-state index is 0.0755. The van der Waals surface area contributed by atoms with Gasteiger partial charge in [0.15, 0.2) is 0 Å². The van der Waals surface area contributed by atoms with Crippen LogP contribution in [-0.4, -0.2) is 23.2 Å². The average molecular weight is 472 g/mol. The molecular weight excluding hydrogens is 446 g/mol. The SMILES string of the molecule is CCCCc1cc(C(F)(F)F)ccc1OC1C[C@H]2CC[C@@H](C1)N2c1ccc(C(F)(F)F)cn1. The first-order valence-corrected chi connectivity index (χ1v) is 11.2. The smallest absolute Gasteiger partial charge is 0.417 e. The Morgan fingerprint density at radius 3 is 2.12 bits per heavy atom. The molecule has 180 valence electrons. The van der Waals surface area contributed by atoms with Crippen molar-refractivity contribution < 1.29 is 31.1 Å². The minimum Gasteiger partial charge on any atom is -0.490 e. The monoisotopic (exact) mass is 472 g/mol. The molecule has 0 amide bonds. The van der Waals surface area contributed by atoms with Crippen molar-refractivity contribution in [2.45, 2.75) is 82.4 Å². The summed E-state index contributed by atoms with van der Waals surface area (Å²) in [5.41, 5.74) is -0.895. The number of piperidine rings is 1. The molecular formula is C24H26F6N2O. The number of unbranched alkanes of at least 4 members (excludes halogenated alkanes) is 1. The van der Waals surface area contributed by atoms with E-state index in [1.807, 2.05) is 6.92 Å². The predicted molar refractivity (Wildman–Crippen MR) is 112 cm³/mol. The number of pyridine rings is 1. The van der Waals surface area contributed by atoms with Crippen LogP contribution in [0, 0.1) is 0 Å². The molecule has 1 unspecified atom stereocenters. The van der Waals surface area contributed by atoms with E-state index in [1.54, 1.807) is 0 Å². The fourth-order valence-corrected chi connectivity index (χ4v) is 4.92. The van der Waals surface area contributed by atoms with Gasteiger partial charge in [-0.05, 0) is 61.6 Å². The maximum absolute atomic E-state index is 13.2. The van der Waals surface area contributed by atoms with Gasteiger partial charge < -0.3 is 9.64 Å². The molecule has 3 heterocycles. The summed E-state index contributed by atoms with van der Waals surface area (Å²) in [5, 5.41) is 0. The van der Waals surface area contributed by atoms with Gasteiger partial charge in [-0.2, -0.15) is 26.3 Å². The number of ether oxygens (including phenoxy) is 1. The number of nitrogens with zero attached hydrogens (tertiary/aromatic N) is 2. The van der Waals surface area contributed by atoms with Crippen LogP contribution in [0.15, 0.2) is 36.5 Å². The Labute approximate surface area is 188 Å². The molecule has 0 radical (unpaired) electrons. The van der Waals surface area contributed by atoms with Crippen molar-refractivity contribution in [2.75, 3.05) is 4.90 Å². The molecule has 2 saturated heterocycles. The Hall–Kier alpha value is -2.45. The molecule has 0 N–H and O–H groups in total. The van der Waals surface area contributed by atoms with E-state index in [-0.39, 0.29) is 18.2 Å². The number of anilines is 1. The first-order chi connectivity index (χ1) is 15.6. The van der Waals surface area contributed by atoms with Gasteiger partial charge in [0.05, 0.1) is 11.1 Å². The topological polar surface area (TPSA) is 25.4 Å². The highest BCUT2D eigenvalue weighted by Gasteiger charge is 2.43. The molecule has 2 bridgehead atoms. The van der Waals surface area contributed by atoms with Crippen molar-refractivity contribution in [3.05, 3.63) is 53.2 Å². The Bertz CT molecular complexity index is 943. The summed E-state index contributed by atoms with van der Waals surface area (Å²) in [4.78, 5) is 6.13. The highest BCUT2D eigenvalue weighted by Crippen LogP contribution is 2.41. The van der Waals surface area contributed by atoms with Gasteiger partial charge in [0.25, 0.3) is 0 Å². The molecule has 2 aromatic rings. The van der Waals surface area contributed by atoms with Crippen molar-refractivity contribution in [1.29, 1.82) is 0 Å². The molecule has 1 aromatic heterocycles. The summed E-state index contributed by atoms with van der Waals surface area (Å²) in [7, 11) is 0. The second-order valence-corrected chi connectivity index (χ2v) is 8.83. The van der Waals surface area contributed by atoms with Crippen molar-refractivity contribution in [1.82, 2.24) is 4.98 Å². The minimum atomic E-state index is -4.43. The number of rotatable bonds is 6. The molecule has 3 atom stereocenters. The van der Waals surface area contributed by atoms with Crippen molar-refractivity contribution in [3.63, 3.8) is 0 Å². The molecule has 33 heavy (non-hydrogen) atoms. The lowest BCUT2D eigenvalue weighted by Crippen LogP contribution is -2.47. The Balaban J connectivity index is 1.48. The van der Waals surface area contributed by atoms with Crippen LogP contribution in [0.25, 0.3) is 0 Å². The van der Waals surface area contributed by atoms with E-state index in [9.17, 15) is 26.3 Å². The summed E-state index contributed by atoms with van der Waals surface area (Å²) in [5.74, 6) is 1.01. The number of hydrogen-bond donors (Lipinski definition) is 0. The average Bonchev–Trinajstić information content (AvgIpc) is 3.02. The maximum Gasteiger partial charge on any atom is 0.417 e. The van der Waals surface area contributed by atoms with Gasteiger partial charge in [0, 0.05) is 31.1 Å².